The van der Waals surface area contributed by atoms with Gasteiger partial charge in [-0.1, -0.05) is 0 Å². The van der Waals surface area contributed by atoms with Crippen LogP contribution < -0.4 is 6.15 Å². The molecule has 0 saturated heterocycles. The van der Waals surface area contributed by atoms with Crippen molar-refractivity contribution in [2.45, 2.75) is 0 Å². The maximum Gasteiger partial charge on any atom is 0.318 e. The molecule has 0 spiro atoms. The summed E-state index contributed by atoms with van der Waals surface area (Å²) >= 11 is 4.74. The third-order valence-corrected chi connectivity index (χ3v) is 0.343. The SMILES string of the molecule is Cl.N.O=C(O)CCl. The third-order valence-electron chi connectivity index (χ3n) is 0.114. The first kappa shape index (κ1) is 15.7. The normalized spacial score (nSPS) is 5.29. The van der Waals surface area contributed by atoms with Gasteiger partial charge in [-0.25, -0.2) is 0 Å². The fourth-order valence-electron chi connectivity index (χ4n) is 0. The fourth-order valence-corrected chi connectivity index (χ4v) is 0. The van der Waals surface area contributed by atoms with E-state index in [1.807, 2.05) is 0 Å². The van der Waals surface area contributed by atoms with Crippen LogP contribution in [0.15, 0.2) is 0 Å². The summed E-state index contributed by atoms with van der Waals surface area (Å²) in [5.74, 6) is -1.29. The number of aliphatic carboxylic acids is 1. The van der Waals surface area contributed by atoms with E-state index in [0.29, 0.717) is 0 Å². The lowest BCUT2D eigenvalue weighted by molar-refractivity contribution is -0.134. The van der Waals surface area contributed by atoms with E-state index in [-0.39, 0.29) is 24.4 Å². The minimum atomic E-state index is -0.980. The van der Waals surface area contributed by atoms with Crippen LogP contribution in [0.5, 0.6) is 0 Å². The van der Waals surface area contributed by atoms with Crippen LogP contribution in [-0.2, 0) is 4.79 Å². The zero-order valence-corrected chi connectivity index (χ0v) is 5.13. The monoisotopic (exact) mass is 147 g/mol. The van der Waals surface area contributed by atoms with Crippen molar-refractivity contribution in [3.63, 3.8) is 0 Å². The molecular formula is C2H7Cl2NO2. The van der Waals surface area contributed by atoms with Crippen LogP contribution in [0.1, 0.15) is 0 Å². The number of carbonyl (C=O) groups is 1. The summed E-state index contributed by atoms with van der Waals surface area (Å²) in [5.41, 5.74) is 0. The summed E-state index contributed by atoms with van der Waals surface area (Å²) in [4.78, 5) is 9.24. The van der Waals surface area contributed by atoms with Gasteiger partial charge in [0.25, 0.3) is 0 Å². The molecular weight excluding hydrogens is 141 g/mol. The van der Waals surface area contributed by atoms with E-state index in [2.05, 4.69) is 0 Å². The third kappa shape index (κ3) is 23.9. The Bertz CT molecular complexity index is 49.0. The molecule has 0 aliphatic heterocycles. The van der Waals surface area contributed by atoms with Crippen molar-refractivity contribution >= 4 is 30.0 Å². The van der Waals surface area contributed by atoms with E-state index in [9.17, 15) is 4.79 Å². The van der Waals surface area contributed by atoms with Crippen molar-refractivity contribution in [3.8, 4) is 0 Å². The zero-order chi connectivity index (χ0) is 4.28. The molecule has 0 unspecified atom stereocenters. The van der Waals surface area contributed by atoms with Crippen molar-refractivity contribution < 1.29 is 9.90 Å². The van der Waals surface area contributed by atoms with Crippen molar-refractivity contribution in [2.24, 2.45) is 0 Å². The highest BCUT2D eigenvalue weighted by molar-refractivity contribution is 6.26. The van der Waals surface area contributed by atoms with Crippen molar-refractivity contribution in [3.05, 3.63) is 0 Å². The van der Waals surface area contributed by atoms with E-state index in [1.54, 1.807) is 0 Å². The Morgan fingerprint density at radius 1 is 1.71 bits per heavy atom. The quantitative estimate of drug-likeness (QED) is 0.542. The molecule has 3 nitrogen and oxygen atoms in total. The predicted molar refractivity (Wildman–Crippen MR) is 30.6 cm³/mol. The first-order valence-electron chi connectivity index (χ1n) is 1.05. The topological polar surface area (TPSA) is 72.3 Å². The molecule has 0 aliphatic rings. The number of alkyl halides is 1. The molecule has 46 valence electrons. The average Bonchev–Trinajstić information content (AvgIpc) is 1.38. The molecule has 0 bridgehead atoms. The summed E-state index contributed by atoms with van der Waals surface area (Å²) in [7, 11) is 0. The number of hydrogen-bond acceptors (Lipinski definition) is 2. The second-order valence-electron chi connectivity index (χ2n) is 0.527. The second kappa shape index (κ2) is 9.38. The summed E-state index contributed by atoms with van der Waals surface area (Å²) in [6.07, 6.45) is 0. The lowest BCUT2D eigenvalue weighted by atomic mass is 10.8. The molecule has 0 heterocycles. The van der Waals surface area contributed by atoms with Crippen LogP contribution in [0.3, 0.4) is 0 Å². The minimum absolute atomic E-state index is 0. The molecule has 0 aromatic rings. The molecule has 7 heavy (non-hydrogen) atoms. The summed E-state index contributed by atoms with van der Waals surface area (Å²) in [6, 6.07) is 0. The molecule has 4 N–H and O–H groups in total. The number of carboxylic acid groups (broad SMARTS) is 1. The largest absolute Gasteiger partial charge is 0.480 e. The van der Waals surface area contributed by atoms with E-state index in [1.165, 1.54) is 0 Å². The molecule has 0 fully saturated rings. The van der Waals surface area contributed by atoms with Gasteiger partial charge in [0.1, 0.15) is 5.88 Å². The van der Waals surface area contributed by atoms with Gasteiger partial charge in [-0.15, -0.1) is 24.0 Å². The van der Waals surface area contributed by atoms with Crippen LogP contribution in [0.2, 0.25) is 0 Å². The zero-order valence-electron chi connectivity index (χ0n) is 3.56. The minimum Gasteiger partial charge on any atom is -0.480 e. The lowest BCUT2D eigenvalue weighted by Gasteiger charge is -1.69. The van der Waals surface area contributed by atoms with Gasteiger partial charge in [-0.2, -0.15) is 0 Å². The summed E-state index contributed by atoms with van der Waals surface area (Å²) in [6.45, 7) is 0. The van der Waals surface area contributed by atoms with Gasteiger partial charge in [0, 0.05) is 0 Å². The van der Waals surface area contributed by atoms with Crippen molar-refractivity contribution in [1.29, 1.82) is 0 Å². The molecule has 0 saturated carbocycles. The lowest BCUT2D eigenvalue weighted by Crippen LogP contribution is -1.92. The van der Waals surface area contributed by atoms with Crippen LogP contribution in [-0.4, -0.2) is 17.0 Å². The van der Waals surface area contributed by atoms with Gasteiger partial charge in [-0.3, -0.25) is 4.79 Å². The van der Waals surface area contributed by atoms with Gasteiger partial charge in [0.2, 0.25) is 0 Å². The van der Waals surface area contributed by atoms with Gasteiger partial charge in [-0.05, 0) is 0 Å². The number of carboxylic acids is 1. The molecule has 0 amide bonds. The van der Waals surface area contributed by atoms with Crippen LogP contribution in [0, 0.1) is 0 Å². The maximum atomic E-state index is 9.24. The molecule has 0 aliphatic carbocycles. The highest BCUT2D eigenvalue weighted by Gasteiger charge is 1.83. The van der Waals surface area contributed by atoms with Gasteiger partial charge < -0.3 is 11.3 Å². The van der Waals surface area contributed by atoms with E-state index < -0.39 is 5.97 Å². The first-order valence-corrected chi connectivity index (χ1v) is 1.58. The van der Waals surface area contributed by atoms with E-state index in [0.717, 1.165) is 0 Å². The van der Waals surface area contributed by atoms with Gasteiger partial charge in [0.05, 0.1) is 0 Å². The van der Waals surface area contributed by atoms with Crippen molar-refractivity contribution in [1.82, 2.24) is 6.15 Å². The van der Waals surface area contributed by atoms with E-state index in [4.69, 9.17) is 16.7 Å². The smallest absolute Gasteiger partial charge is 0.318 e. The Morgan fingerprint density at radius 2 is 1.86 bits per heavy atom. The fraction of sp³-hybridized carbons (Fsp3) is 0.500. The second-order valence-corrected chi connectivity index (χ2v) is 0.795. The van der Waals surface area contributed by atoms with Crippen LogP contribution in [0.4, 0.5) is 0 Å². The Morgan fingerprint density at radius 3 is 1.86 bits per heavy atom. The van der Waals surface area contributed by atoms with Crippen LogP contribution >= 0.6 is 24.0 Å². The molecule has 0 aromatic carbocycles. The number of halogens is 2. The van der Waals surface area contributed by atoms with Crippen molar-refractivity contribution in [2.75, 3.05) is 5.88 Å². The number of hydrogen-bond donors (Lipinski definition) is 2. The molecule has 0 radical (unpaired) electrons. The molecule has 0 aromatic heterocycles. The summed E-state index contributed by atoms with van der Waals surface area (Å²) in [5, 5.41) is 7.59. The average molecular weight is 148 g/mol. The molecule has 5 heteroatoms. The van der Waals surface area contributed by atoms with Crippen LogP contribution in [0.25, 0.3) is 0 Å². The highest BCUT2D eigenvalue weighted by Crippen LogP contribution is 1.67. The molecule has 0 rings (SSSR count). The predicted octanol–water partition coefficient (Wildman–Crippen LogP) is 0.894. The number of rotatable bonds is 1. The molecule has 0 atom stereocenters. The van der Waals surface area contributed by atoms with Gasteiger partial charge >= 0.3 is 5.97 Å². The maximum absolute atomic E-state index is 9.24. The Balaban J connectivity index is -0.0000000800. The Labute approximate surface area is 52.7 Å². The Hall–Kier alpha value is 0.01000. The highest BCUT2D eigenvalue weighted by atomic mass is 35.5. The summed E-state index contributed by atoms with van der Waals surface area (Å²) < 4.78 is 0. The first-order chi connectivity index (χ1) is 2.27. The van der Waals surface area contributed by atoms with E-state index >= 15 is 0 Å². The Kier molecular flexibility index (Phi) is 21.1. The standard InChI is InChI=1S/C2H3ClO2.ClH.H3N/c3-1-2(4)5;;/h1H2,(H,4,5);1H;1H3. The van der Waals surface area contributed by atoms with Gasteiger partial charge in [0.15, 0.2) is 0 Å².